The van der Waals surface area contributed by atoms with Crippen molar-refractivity contribution in [3.05, 3.63) is 59.2 Å². The number of alkyl carbamates (subject to hydrolysis) is 1. The first-order valence-corrected chi connectivity index (χ1v) is 6.90. The van der Waals surface area contributed by atoms with Crippen molar-refractivity contribution in [2.24, 2.45) is 0 Å². The third kappa shape index (κ3) is 4.02. The predicted molar refractivity (Wildman–Crippen MR) is 79.9 cm³/mol. The second-order valence-corrected chi connectivity index (χ2v) is 4.72. The maximum atomic E-state index is 11.8. The third-order valence-corrected chi connectivity index (χ3v) is 2.93. The molecular weight excluding hydrogens is 266 g/mol. The molecule has 0 fully saturated rings. The van der Waals surface area contributed by atoms with E-state index in [1.54, 1.807) is 6.92 Å². The van der Waals surface area contributed by atoms with Crippen LogP contribution in [0.1, 0.15) is 35.7 Å². The van der Waals surface area contributed by atoms with Crippen molar-refractivity contribution in [2.75, 3.05) is 6.61 Å². The van der Waals surface area contributed by atoms with E-state index in [0.29, 0.717) is 12.4 Å². The topological polar surface area (TPSA) is 64.1 Å². The molecule has 0 spiro atoms. The highest BCUT2D eigenvalue weighted by Crippen LogP contribution is 2.19. The molecule has 0 bridgehead atoms. The molecule has 1 aromatic carbocycles. The van der Waals surface area contributed by atoms with Crippen LogP contribution in [-0.4, -0.2) is 22.7 Å². The van der Waals surface area contributed by atoms with Gasteiger partial charge in [-0.2, -0.15) is 0 Å². The molecule has 2 aromatic rings. The van der Waals surface area contributed by atoms with E-state index in [2.05, 4.69) is 15.3 Å². The number of nitrogens with one attached hydrogen (secondary N) is 1. The molecule has 0 radical (unpaired) electrons. The van der Waals surface area contributed by atoms with Crippen molar-refractivity contribution < 1.29 is 9.53 Å². The van der Waals surface area contributed by atoms with Gasteiger partial charge in [-0.1, -0.05) is 30.3 Å². The molecule has 0 aliphatic carbocycles. The second-order valence-electron chi connectivity index (χ2n) is 4.72. The Bertz CT molecular complexity index is 594. The fourth-order valence-electron chi connectivity index (χ4n) is 2.12. The minimum absolute atomic E-state index is 0.320. The Morgan fingerprint density at radius 3 is 2.38 bits per heavy atom. The van der Waals surface area contributed by atoms with Gasteiger partial charge in [0.2, 0.25) is 0 Å². The highest BCUT2D eigenvalue weighted by atomic mass is 16.5. The van der Waals surface area contributed by atoms with Gasteiger partial charge in [-0.05, 0) is 32.4 Å². The van der Waals surface area contributed by atoms with Crippen LogP contribution in [0.4, 0.5) is 4.79 Å². The summed E-state index contributed by atoms with van der Waals surface area (Å²) < 4.78 is 4.97. The van der Waals surface area contributed by atoms with E-state index in [9.17, 15) is 4.79 Å². The van der Waals surface area contributed by atoms with Crippen LogP contribution in [0.3, 0.4) is 0 Å². The number of benzene rings is 1. The van der Waals surface area contributed by atoms with E-state index < -0.39 is 12.1 Å². The van der Waals surface area contributed by atoms with Crippen LogP contribution in [-0.2, 0) is 4.74 Å². The lowest BCUT2D eigenvalue weighted by atomic mass is 10.1. The van der Waals surface area contributed by atoms with Crippen LogP contribution in [0.5, 0.6) is 0 Å². The number of carbonyl (C=O) groups excluding carboxylic acids is 1. The SMILES string of the molecule is CCOC(=O)NC(c1ccccc1)c1nc(C)cc(C)n1. The second kappa shape index (κ2) is 6.83. The lowest BCUT2D eigenvalue weighted by Crippen LogP contribution is -2.31. The van der Waals surface area contributed by atoms with E-state index in [4.69, 9.17) is 4.74 Å². The molecule has 110 valence electrons. The molecule has 1 amide bonds. The Kier molecular flexibility index (Phi) is 4.87. The molecule has 1 aromatic heterocycles. The number of hydrogen-bond acceptors (Lipinski definition) is 4. The summed E-state index contributed by atoms with van der Waals surface area (Å²) in [5.74, 6) is 0.562. The first kappa shape index (κ1) is 15.0. The van der Waals surface area contributed by atoms with Crippen LogP contribution in [0.15, 0.2) is 36.4 Å². The standard InChI is InChI=1S/C16H19N3O2/c1-4-21-16(20)19-14(13-8-6-5-7-9-13)15-17-11(2)10-12(3)18-15/h5-10,14H,4H2,1-3H3,(H,19,20). The van der Waals surface area contributed by atoms with Gasteiger partial charge in [0.15, 0.2) is 5.82 Å². The summed E-state index contributed by atoms with van der Waals surface area (Å²) in [6.45, 7) is 5.90. The molecule has 2 rings (SSSR count). The van der Waals surface area contributed by atoms with Crippen molar-refractivity contribution in [3.8, 4) is 0 Å². The molecule has 0 saturated heterocycles. The Labute approximate surface area is 124 Å². The zero-order valence-electron chi connectivity index (χ0n) is 12.5. The van der Waals surface area contributed by atoms with Crippen molar-refractivity contribution >= 4 is 6.09 Å². The number of aromatic nitrogens is 2. The van der Waals surface area contributed by atoms with Gasteiger partial charge in [0, 0.05) is 11.4 Å². The van der Waals surface area contributed by atoms with E-state index in [-0.39, 0.29) is 0 Å². The molecular formula is C16H19N3O2. The molecule has 5 nitrogen and oxygen atoms in total. The number of nitrogens with zero attached hydrogens (tertiary/aromatic N) is 2. The summed E-state index contributed by atoms with van der Waals surface area (Å²) >= 11 is 0. The summed E-state index contributed by atoms with van der Waals surface area (Å²) in [6.07, 6.45) is -0.478. The van der Waals surface area contributed by atoms with Gasteiger partial charge in [-0.15, -0.1) is 0 Å². The van der Waals surface area contributed by atoms with Crippen LogP contribution >= 0.6 is 0 Å². The molecule has 0 aliphatic heterocycles. The lowest BCUT2D eigenvalue weighted by Gasteiger charge is -2.18. The summed E-state index contributed by atoms with van der Waals surface area (Å²) in [7, 11) is 0. The maximum absolute atomic E-state index is 11.8. The van der Waals surface area contributed by atoms with Gasteiger partial charge in [-0.25, -0.2) is 14.8 Å². The minimum Gasteiger partial charge on any atom is -0.450 e. The van der Waals surface area contributed by atoms with Crippen LogP contribution < -0.4 is 5.32 Å². The Balaban J connectivity index is 2.37. The summed E-state index contributed by atoms with van der Waals surface area (Å²) in [4.78, 5) is 20.7. The van der Waals surface area contributed by atoms with E-state index >= 15 is 0 Å². The molecule has 0 saturated carbocycles. The Hall–Kier alpha value is -2.43. The normalized spacial score (nSPS) is 11.8. The lowest BCUT2D eigenvalue weighted by molar-refractivity contribution is 0.149. The van der Waals surface area contributed by atoms with E-state index in [1.165, 1.54) is 0 Å². The number of amides is 1. The largest absolute Gasteiger partial charge is 0.450 e. The number of rotatable bonds is 4. The van der Waals surface area contributed by atoms with Gasteiger partial charge >= 0.3 is 6.09 Å². The van der Waals surface area contributed by atoms with Crippen molar-refractivity contribution in [2.45, 2.75) is 26.8 Å². The van der Waals surface area contributed by atoms with Crippen LogP contribution in [0, 0.1) is 13.8 Å². The van der Waals surface area contributed by atoms with Crippen molar-refractivity contribution in [1.82, 2.24) is 15.3 Å². The summed E-state index contributed by atoms with van der Waals surface area (Å²) in [6, 6.07) is 11.1. The monoisotopic (exact) mass is 285 g/mol. The number of ether oxygens (including phenoxy) is 1. The highest BCUT2D eigenvalue weighted by molar-refractivity contribution is 5.68. The first-order valence-electron chi connectivity index (χ1n) is 6.90. The third-order valence-electron chi connectivity index (χ3n) is 2.93. The summed E-state index contributed by atoms with van der Waals surface area (Å²) in [5, 5.41) is 2.82. The van der Waals surface area contributed by atoms with Gasteiger partial charge in [0.05, 0.1) is 6.61 Å². The number of hydrogen-bond donors (Lipinski definition) is 1. The van der Waals surface area contributed by atoms with Crippen molar-refractivity contribution in [1.29, 1.82) is 0 Å². The zero-order chi connectivity index (χ0) is 15.2. The highest BCUT2D eigenvalue weighted by Gasteiger charge is 2.20. The van der Waals surface area contributed by atoms with Gasteiger partial charge in [-0.3, -0.25) is 0 Å². The minimum atomic E-state index is -0.478. The van der Waals surface area contributed by atoms with Gasteiger partial charge in [0.25, 0.3) is 0 Å². The van der Waals surface area contributed by atoms with Crippen LogP contribution in [0.2, 0.25) is 0 Å². The zero-order valence-corrected chi connectivity index (χ0v) is 12.5. The fourth-order valence-corrected chi connectivity index (χ4v) is 2.12. The molecule has 21 heavy (non-hydrogen) atoms. The van der Waals surface area contributed by atoms with E-state index in [1.807, 2.05) is 50.2 Å². The summed E-state index contributed by atoms with van der Waals surface area (Å²) in [5.41, 5.74) is 2.64. The Morgan fingerprint density at radius 2 is 1.81 bits per heavy atom. The average Bonchev–Trinajstić information content (AvgIpc) is 2.45. The molecule has 5 heteroatoms. The smallest absolute Gasteiger partial charge is 0.407 e. The molecule has 0 aliphatic rings. The van der Waals surface area contributed by atoms with Crippen LogP contribution in [0.25, 0.3) is 0 Å². The first-order chi connectivity index (χ1) is 10.1. The number of aryl methyl sites for hydroxylation is 2. The molecule has 1 unspecified atom stereocenters. The molecule has 1 atom stereocenters. The average molecular weight is 285 g/mol. The number of carbonyl (C=O) groups is 1. The maximum Gasteiger partial charge on any atom is 0.407 e. The predicted octanol–water partition coefficient (Wildman–Crippen LogP) is 2.93. The molecule has 1 N–H and O–H groups in total. The fraction of sp³-hybridized carbons (Fsp3) is 0.312. The van der Waals surface area contributed by atoms with Crippen molar-refractivity contribution in [3.63, 3.8) is 0 Å². The quantitative estimate of drug-likeness (QED) is 0.938. The van der Waals surface area contributed by atoms with E-state index in [0.717, 1.165) is 17.0 Å². The van der Waals surface area contributed by atoms with Gasteiger partial charge in [0.1, 0.15) is 6.04 Å². The molecule has 1 heterocycles. The van der Waals surface area contributed by atoms with Gasteiger partial charge < -0.3 is 10.1 Å². The Morgan fingerprint density at radius 1 is 1.19 bits per heavy atom.